The quantitative estimate of drug-likeness (QED) is 0.487. The maximum absolute atomic E-state index is 12.6. The Bertz CT molecular complexity index is 1450. The summed E-state index contributed by atoms with van der Waals surface area (Å²) in [4.78, 5) is 27.7. The minimum atomic E-state index is -0.283. The number of ether oxygens (including phenoxy) is 2. The molecule has 0 amide bonds. The lowest BCUT2D eigenvalue weighted by molar-refractivity contribution is 0.171. The van der Waals surface area contributed by atoms with Crippen LogP contribution in [0.15, 0.2) is 59.7 Å². The third-order valence-electron chi connectivity index (χ3n) is 5.03. The molecule has 3 aromatic heterocycles. The van der Waals surface area contributed by atoms with Crippen LogP contribution in [0.25, 0.3) is 39.1 Å². The van der Waals surface area contributed by atoms with Gasteiger partial charge < -0.3 is 14.5 Å². The number of aromatic amines is 2. The molecule has 142 valence electrons. The van der Waals surface area contributed by atoms with Crippen LogP contribution < -0.4 is 15.2 Å². The average Bonchev–Trinajstić information content (AvgIpc) is 3.35. The first-order valence-electron chi connectivity index (χ1n) is 9.21. The van der Waals surface area contributed by atoms with Crippen LogP contribution in [0.2, 0.25) is 0 Å². The summed E-state index contributed by atoms with van der Waals surface area (Å²) in [5.41, 5.74) is 3.83. The van der Waals surface area contributed by atoms with E-state index in [0.717, 1.165) is 22.2 Å². The Morgan fingerprint density at radius 3 is 2.83 bits per heavy atom. The van der Waals surface area contributed by atoms with Crippen molar-refractivity contribution in [1.29, 1.82) is 0 Å². The number of nitrogens with one attached hydrogen (secondary N) is 2. The molecule has 0 spiro atoms. The molecule has 2 aromatic carbocycles. The number of benzene rings is 2. The normalized spacial score (nSPS) is 13.2. The van der Waals surface area contributed by atoms with Crippen LogP contribution in [0.4, 0.5) is 0 Å². The Morgan fingerprint density at radius 1 is 1.00 bits per heavy atom. The van der Waals surface area contributed by atoms with E-state index in [-0.39, 0.29) is 5.69 Å². The summed E-state index contributed by atoms with van der Waals surface area (Å²) in [7, 11) is 0. The summed E-state index contributed by atoms with van der Waals surface area (Å²) in [6, 6.07) is 13.4. The zero-order valence-electron chi connectivity index (χ0n) is 15.2. The molecule has 0 saturated heterocycles. The van der Waals surface area contributed by atoms with Gasteiger partial charge in [0, 0.05) is 22.7 Å². The number of rotatable bonds is 2. The number of imidazole rings is 1. The minimum absolute atomic E-state index is 0.283. The molecule has 1 aliphatic rings. The fourth-order valence-corrected chi connectivity index (χ4v) is 3.64. The van der Waals surface area contributed by atoms with Gasteiger partial charge in [-0.15, -0.1) is 0 Å². The molecule has 5 aromatic rings. The number of nitrogens with zero attached hydrogens (tertiary/aromatic N) is 3. The van der Waals surface area contributed by atoms with E-state index in [2.05, 4.69) is 15.0 Å². The number of hydrogen-bond acceptors (Lipinski definition) is 5. The van der Waals surface area contributed by atoms with E-state index in [9.17, 15) is 4.79 Å². The maximum atomic E-state index is 12.6. The third kappa shape index (κ3) is 2.49. The lowest BCUT2D eigenvalue weighted by Gasteiger charge is -2.18. The van der Waals surface area contributed by atoms with Crippen molar-refractivity contribution in [1.82, 2.24) is 24.5 Å². The Hall–Kier alpha value is -4.07. The molecule has 0 aliphatic carbocycles. The molecule has 0 unspecified atom stereocenters. The van der Waals surface area contributed by atoms with Crippen molar-refractivity contribution in [2.45, 2.75) is 0 Å². The van der Waals surface area contributed by atoms with Crippen LogP contribution in [0, 0.1) is 0 Å². The molecule has 8 nitrogen and oxygen atoms in total. The minimum Gasteiger partial charge on any atom is -0.486 e. The highest BCUT2D eigenvalue weighted by molar-refractivity contribution is 5.82. The lowest BCUT2D eigenvalue weighted by atomic mass is 10.1. The van der Waals surface area contributed by atoms with E-state index >= 15 is 0 Å². The van der Waals surface area contributed by atoms with Crippen molar-refractivity contribution >= 4 is 22.2 Å². The fraction of sp³-hybridized carbons (Fsp3) is 0.0952. The van der Waals surface area contributed by atoms with Crippen LogP contribution in [0.5, 0.6) is 11.5 Å². The summed E-state index contributed by atoms with van der Waals surface area (Å²) in [5.74, 6) is 1.40. The van der Waals surface area contributed by atoms with Crippen molar-refractivity contribution in [3.8, 4) is 28.4 Å². The number of H-pyrrole nitrogens is 2. The number of hydrogen-bond donors (Lipinski definition) is 2. The summed E-state index contributed by atoms with van der Waals surface area (Å²) in [6.07, 6.45) is 3.51. The molecule has 0 atom stereocenters. The average molecular weight is 385 g/mol. The summed E-state index contributed by atoms with van der Waals surface area (Å²) in [5, 5.41) is 1.01. The smallest absolute Gasteiger partial charge is 0.333 e. The highest BCUT2D eigenvalue weighted by Gasteiger charge is 2.16. The Balaban J connectivity index is 1.52. The fourth-order valence-electron chi connectivity index (χ4n) is 3.64. The number of fused-ring (bicyclic) bond motifs is 3. The predicted molar refractivity (Wildman–Crippen MR) is 108 cm³/mol. The van der Waals surface area contributed by atoms with Crippen molar-refractivity contribution in [3.05, 3.63) is 65.3 Å². The van der Waals surface area contributed by atoms with Gasteiger partial charge in [-0.05, 0) is 42.5 Å². The molecular formula is C21H15N5O3. The predicted octanol–water partition coefficient (Wildman–Crippen LogP) is 3.03. The molecule has 0 saturated carbocycles. The third-order valence-corrected chi connectivity index (χ3v) is 5.03. The van der Waals surface area contributed by atoms with E-state index < -0.39 is 0 Å². The molecular weight excluding hydrogens is 370 g/mol. The first kappa shape index (κ1) is 15.9. The van der Waals surface area contributed by atoms with Gasteiger partial charge in [-0.3, -0.25) is 4.98 Å². The van der Waals surface area contributed by atoms with Gasteiger partial charge in [-0.1, -0.05) is 0 Å². The van der Waals surface area contributed by atoms with Crippen molar-refractivity contribution in [2.24, 2.45) is 0 Å². The first-order valence-corrected chi connectivity index (χ1v) is 9.21. The van der Waals surface area contributed by atoms with Crippen LogP contribution >= 0.6 is 0 Å². The number of aromatic nitrogens is 5. The van der Waals surface area contributed by atoms with E-state index in [1.807, 2.05) is 48.7 Å². The van der Waals surface area contributed by atoms with Gasteiger partial charge in [0.15, 0.2) is 22.8 Å². The van der Waals surface area contributed by atoms with Gasteiger partial charge >= 0.3 is 5.69 Å². The second-order valence-electron chi connectivity index (χ2n) is 6.80. The lowest BCUT2D eigenvalue weighted by Crippen LogP contribution is -2.15. The first-order chi connectivity index (χ1) is 14.3. The molecule has 29 heavy (non-hydrogen) atoms. The summed E-state index contributed by atoms with van der Waals surface area (Å²) >= 11 is 0. The largest absolute Gasteiger partial charge is 0.486 e. The van der Waals surface area contributed by atoms with Gasteiger partial charge in [-0.2, -0.15) is 0 Å². The summed E-state index contributed by atoms with van der Waals surface area (Å²) < 4.78 is 12.8. The second kappa shape index (κ2) is 5.96. The van der Waals surface area contributed by atoms with E-state index in [0.29, 0.717) is 41.7 Å². The van der Waals surface area contributed by atoms with Crippen molar-refractivity contribution < 1.29 is 9.47 Å². The molecule has 6 rings (SSSR count). The Kier molecular flexibility index (Phi) is 3.28. The molecule has 0 bridgehead atoms. The molecule has 2 N–H and O–H groups in total. The van der Waals surface area contributed by atoms with Crippen molar-refractivity contribution in [2.75, 3.05) is 13.2 Å². The topological polar surface area (TPSA) is 97.8 Å². The zero-order chi connectivity index (χ0) is 19.4. The zero-order valence-corrected chi connectivity index (χ0v) is 15.2. The van der Waals surface area contributed by atoms with Crippen LogP contribution in [0.1, 0.15) is 0 Å². The van der Waals surface area contributed by atoms with Gasteiger partial charge in [-0.25, -0.2) is 19.3 Å². The van der Waals surface area contributed by atoms with Crippen LogP contribution in [-0.4, -0.2) is 37.7 Å². The Labute approximate surface area is 163 Å². The van der Waals surface area contributed by atoms with E-state index in [1.54, 1.807) is 6.20 Å². The van der Waals surface area contributed by atoms with Crippen molar-refractivity contribution in [3.63, 3.8) is 0 Å². The molecule has 4 heterocycles. The van der Waals surface area contributed by atoms with Gasteiger partial charge in [0.05, 0.1) is 17.6 Å². The molecule has 0 fully saturated rings. The Morgan fingerprint density at radius 2 is 1.90 bits per heavy atom. The summed E-state index contributed by atoms with van der Waals surface area (Å²) in [6.45, 7) is 1.05. The van der Waals surface area contributed by atoms with Crippen LogP contribution in [-0.2, 0) is 0 Å². The van der Waals surface area contributed by atoms with E-state index in [1.165, 1.54) is 4.57 Å². The van der Waals surface area contributed by atoms with Gasteiger partial charge in [0.25, 0.3) is 0 Å². The monoisotopic (exact) mass is 385 g/mol. The SMILES string of the molecule is O=c1[nH]c2ncc(-c3ccc4c(c3)OCCO4)nc2n1-c1ccc2[nH]ccc2c1. The van der Waals surface area contributed by atoms with Gasteiger partial charge in [0.2, 0.25) is 0 Å². The van der Waals surface area contributed by atoms with Crippen LogP contribution in [0.3, 0.4) is 0 Å². The van der Waals surface area contributed by atoms with E-state index in [4.69, 9.17) is 14.5 Å². The highest BCUT2D eigenvalue weighted by Crippen LogP contribution is 2.34. The molecule has 8 heteroatoms. The second-order valence-corrected chi connectivity index (χ2v) is 6.80. The standard InChI is InChI=1S/C21H15N5O3/c27-21-25-19-20(26(21)14-2-3-15-13(9-14)5-6-22-15)24-16(11-23-19)12-1-4-17-18(10-12)29-8-7-28-17/h1-6,9-11,22H,7-8H2,(H,23,25,27). The molecule has 0 radical (unpaired) electrons. The maximum Gasteiger partial charge on any atom is 0.333 e. The highest BCUT2D eigenvalue weighted by atomic mass is 16.6. The molecule has 1 aliphatic heterocycles. The van der Waals surface area contributed by atoms with Gasteiger partial charge in [0.1, 0.15) is 13.2 Å².